The summed E-state index contributed by atoms with van der Waals surface area (Å²) in [5, 5.41) is 7.57. The number of hydrogen-bond acceptors (Lipinski definition) is 6. The number of hydrogen-bond donors (Lipinski definition) is 1. The number of unbranched alkanes of at least 4 members (excludes halogenated alkanes) is 2. The molecule has 1 aliphatic carbocycles. The summed E-state index contributed by atoms with van der Waals surface area (Å²) in [6.45, 7) is 5.67. The van der Waals surface area contributed by atoms with E-state index in [1.807, 2.05) is 36.4 Å². The Morgan fingerprint density at radius 2 is 1.04 bits per heavy atom. The van der Waals surface area contributed by atoms with Gasteiger partial charge in [-0.2, -0.15) is 8.42 Å². The van der Waals surface area contributed by atoms with Crippen molar-refractivity contribution in [2.24, 2.45) is 5.92 Å². The monoisotopic (exact) mass is 726 g/mol. The van der Waals surface area contributed by atoms with Crippen LogP contribution in [0.3, 0.4) is 0 Å². The Kier molecular flexibility index (Phi) is 19.9. The third kappa shape index (κ3) is 13.0. The SMILES string of the molecule is CC=O.CCCCCC1[C@H](c2ccccc2)C1(c1ccccc1)c1ccccc1.CCO.O=S(=O)(Cc1ccccc1)c1ccccc1.O=S=O. The number of benzene rings is 5. The van der Waals surface area contributed by atoms with Gasteiger partial charge in [0, 0.05) is 17.9 Å². The van der Waals surface area contributed by atoms with E-state index >= 15 is 0 Å². The van der Waals surface area contributed by atoms with Crippen molar-refractivity contribution < 1.29 is 26.7 Å². The van der Waals surface area contributed by atoms with Gasteiger partial charge in [0.25, 0.3) is 0 Å². The van der Waals surface area contributed by atoms with Gasteiger partial charge in [0.1, 0.15) is 6.29 Å². The quantitative estimate of drug-likeness (QED) is 0.114. The molecule has 1 saturated carbocycles. The third-order valence-electron chi connectivity index (χ3n) is 8.45. The highest BCUT2D eigenvalue weighted by Crippen LogP contribution is 2.70. The highest BCUT2D eigenvalue weighted by atomic mass is 32.2. The van der Waals surface area contributed by atoms with Crippen LogP contribution in [0.5, 0.6) is 0 Å². The van der Waals surface area contributed by atoms with Crippen molar-refractivity contribution in [2.75, 3.05) is 6.61 Å². The topological polar surface area (TPSA) is 106 Å². The van der Waals surface area contributed by atoms with Gasteiger partial charge < -0.3 is 9.90 Å². The minimum atomic E-state index is -3.21. The van der Waals surface area contributed by atoms with Gasteiger partial charge in [-0.3, -0.25) is 0 Å². The van der Waals surface area contributed by atoms with Crippen LogP contribution in [0.15, 0.2) is 157 Å². The molecule has 270 valence electrons. The summed E-state index contributed by atoms with van der Waals surface area (Å²) in [7, 11) is -3.21. The van der Waals surface area contributed by atoms with Gasteiger partial charge in [0.05, 0.1) is 10.6 Å². The zero-order chi connectivity index (χ0) is 37.4. The fraction of sp³-hybridized carbons (Fsp3) is 0.279. The van der Waals surface area contributed by atoms with Crippen LogP contribution in [0.4, 0.5) is 0 Å². The Morgan fingerprint density at radius 3 is 1.45 bits per heavy atom. The van der Waals surface area contributed by atoms with Crippen molar-refractivity contribution in [3.05, 3.63) is 174 Å². The molecule has 0 spiro atoms. The van der Waals surface area contributed by atoms with Crippen LogP contribution in [-0.2, 0) is 37.4 Å². The molecule has 0 aliphatic heterocycles. The summed E-state index contributed by atoms with van der Waals surface area (Å²) in [6, 6.07) is 51.3. The first-order valence-electron chi connectivity index (χ1n) is 17.2. The maximum Gasteiger partial charge on any atom is 0.335 e. The Hall–Kier alpha value is -4.50. The van der Waals surface area contributed by atoms with E-state index in [2.05, 4.69) is 97.9 Å². The van der Waals surface area contributed by atoms with Gasteiger partial charge in [-0.1, -0.05) is 166 Å². The molecule has 0 amide bonds. The van der Waals surface area contributed by atoms with Gasteiger partial charge >= 0.3 is 11.6 Å². The second-order valence-electron chi connectivity index (χ2n) is 11.8. The molecule has 8 heteroatoms. The summed E-state index contributed by atoms with van der Waals surface area (Å²) < 4.78 is 40.6. The van der Waals surface area contributed by atoms with E-state index in [1.54, 1.807) is 31.2 Å². The number of aliphatic hydroxyl groups is 1. The van der Waals surface area contributed by atoms with Crippen molar-refractivity contribution >= 4 is 27.7 Å². The summed E-state index contributed by atoms with van der Waals surface area (Å²) in [4.78, 5) is 9.18. The summed E-state index contributed by atoms with van der Waals surface area (Å²) in [5.74, 6) is 1.31. The van der Waals surface area contributed by atoms with Crippen LogP contribution >= 0.6 is 0 Å². The maximum atomic E-state index is 12.0. The highest BCUT2D eigenvalue weighted by Gasteiger charge is 2.65. The number of aldehydes is 1. The molecule has 51 heavy (non-hydrogen) atoms. The number of sulfone groups is 1. The van der Waals surface area contributed by atoms with Crippen molar-refractivity contribution in [3.8, 4) is 0 Å². The first-order valence-corrected chi connectivity index (χ1v) is 19.5. The average Bonchev–Trinajstić information content (AvgIpc) is 3.84. The van der Waals surface area contributed by atoms with Gasteiger partial charge in [0.15, 0.2) is 9.84 Å². The second-order valence-corrected chi connectivity index (χ2v) is 13.9. The largest absolute Gasteiger partial charge is 0.397 e. The number of rotatable bonds is 10. The van der Waals surface area contributed by atoms with E-state index < -0.39 is 21.4 Å². The van der Waals surface area contributed by atoms with Gasteiger partial charge in [-0.25, -0.2) is 8.42 Å². The van der Waals surface area contributed by atoms with Crippen LogP contribution in [0.2, 0.25) is 0 Å². The lowest BCUT2D eigenvalue weighted by Gasteiger charge is -2.21. The van der Waals surface area contributed by atoms with Crippen molar-refractivity contribution in [2.45, 2.75) is 68.4 Å². The molecule has 6 rings (SSSR count). The molecule has 0 heterocycles. The first kappa shape index (κ1) is 42.7. The molecule has 1 aliphatic rings. The minimum Gasteiger partial charge on any atom is -0.397 e. The summed E-state index contributed by atoms with van der Waals surface area (Å²) in [5.41, 5.74) is 5.37. The predicted molar refractivity (Wildman–Crippen MR) is 208 cm³/mol. The lowest BCUT2D eigenvalue weighted by molar-refractivity contribution is -0.106. The Balaban J connectivity index is 0.000000307. The van der Waals surface area contributed by atoms with Crippen LogP contribution in [0, 0.1) is 5.92 Å². The Labute approximate surface area is 308 Å². The number of carbonyl (C=O) groups excluding carboxylic acids is 1. The zero-order valence-corrected chi connectivity index (χ0v) is 31.3. The van der Waals surface area contributed by atoms with Crippen LogP contribution in [-0.4, -0.2) is 34.8 Å². The molecule has 5 aromatic carbocycles. The maximum absolute atomic E-state index is 12.0. The average molecular weight is 727 g/mol. The van der Waals surface area contributed by atoms with E-state index in [1.165, 1.54) is 49.3 Å². The van der Waals surface area contributed by atoms with E-state index in [0.29, 0.717) is 16.7 Å². The second kappa shape index (κ2) is 23.8. The molecule has 6 nitrogen and oxygen atoms in total. The molecular formula is C43H50O6S2. The highest BCUT2D eigenvalue weighted by molar-refractivity contribution is 7.90. The van der Waals surface area contributed by atoms with Gasteiger partial charge in [0.2, 0.25) is 0 Å². The van der Waals surface area contributed by atoms with Crippen LogP contribution in [0.1, 0.15) is 74.6 Å². The molecule has 1 fully saturated rings. The molecule has 0 aromatic heterocycles. The van der Waals surface area contributed by atoms with E-state index in [0.717, 1.165) is 11.8 Å². The Morgan fingerprint density at radius 1 is 0.667 bits per heavy atom. The standard InChI is InChI=1S/C26H28.C13H12O2S.C2H6O.C2H4O.O2S/c1-2-3-7-20-24-25(21-14-8-4-9-15-21)26(24,22-16-10-5-11-17-22)23-18-12-6-13-19-23;14-16(15,13-9-5-2-6-10-13)11-12-7-3-1-4-8-12;2*1-2-3;1-3-2/h4-6,8-19,24-25H,2-3,7,20H2,1H3;1-10H,11H2;3H,2H2,1H3;2H,1H3;/t24?,25-;;;;/m0..../s1. The first-order chi connectivity index (χ1) is 24.8. The van der Waals surface area contributed by atoms with E-state index in [9.17, 15) is 8.42 Å². The minimum absolute atomic E-state index is 0.0534. The van der Waals surface area contributed by atoms with E-state index in [4.69, 9.17) is 18.3 Å². The normalized spacial score (nSPS) is 14.9. The lowest BCUT2D eigenvalue weighted by atomic mass is 9.82. The summed E-state index contributed by atoms with van der Waals surface area (Å²) >= 11 is -0.750. The predicted octanol–water partition coefficient (Wildman–Crippen LogP) is 9.16. The van der Waals surface area contributed by atoms with Gasteiger partial charge in [-0.15, -0.1) is 0 Å². The molecular weight excluding hydrogens is 677 g/mol. The molecule has 1 N–H and O–H groups in total. The van der Waals surface area contributed by atoms with Crippen LogP contribution < -0.4 is 0 Å². The molecule has 2 atom stereocenters. The molecule has 0 bridgehead atoms. The fourth-order valence-electron chi connectivity index (χ4n) is 6.51. The molecule has 1 unspecified atom stereocenters. The van der Waals surface area contributed by atoms with Crippen molar-refractivity contribution in [1.29, 1.82) is 0 Å². The fourth-order valence-corrected chi connectivity index (χ4v) is 7.88. The van der Waals surface area contributed by atoms with Gasteiger partial charge in [-0.05, 0) is 60.6 Å². The zero-order valence-electron chi connectivity index (χ0n) is 29.7. The molecule has 0 saturated heterocycles. The lowest BCUT2D eigenvalue weighted by Crippen LogP contribution is -2.14. The Bertz CT molecular complexity index is 1740. The van der Waals surface area contributed by atoms with Crippen molar-refractivity contribution in [1.82, 2.24) is 0 Å². The van der Waals surface area contributed by atoms with E-state index in [-0.39, 0.29) is 17.8 Å². The molecule has 5 aromatic rings. The number of carbonyl (C=O) groups is 1. The third-order valence-corrected chi connectivity index (χ3v) is 10.2. The molecule has 0 radical (unpaired) electrons. The smallest absolute Gasteiger partial charge is 0.335 e. The summed E-state index contributed by atoms with van der Waals surface area (Å²) in [6.07, 6.45) is 5.99. The van der Waals surface area contributed by atoms with Crippen LogP contribution in [0.25, 0.3) is 0 Å². The number of aliphatic hydroxyl groups excluding tert-OH is 1. The van der Waals surface area contributed by atoms with Crippen molar-refractivity contribution in [3.63, 3.8) is 0 Å².